The van der Waals surface area contributed by atoms with Crippen molar-refractivity contribution >= 4 is 5.91 Å². The highest BCUT2D eigenvalue weighted by atomic mass is 19.1. The van der Waals surface area contributed by atoms with E-state index >= 15 is 0 Å². The lowest BCUT2D eigenvalue weighted by atomic mass is 9.90. The number of hydrogen-bond donors (Lipinski definition) is 1. The Hall–Kier alpha value is -3.36. The molecule has 27 heavy (non-hydrogen) atoms. The normalized spacial score (nSPS) is 17.1. The van der Waals surface area contributed by atoms with Crippen LogP contribution in [-0.4, -0.2) is 54.2 Å². The van der Waals surface area contributed by atoms with Crippen LogP contribution in [0, 0.1) is 5.82 Å². The van der Waals surface area contributed by atoms with Gasteiger partial charge in [0.15, 0.2) is 0 Å². The number of halogens is 1. The zero-order chi connectivity index (χ0) is 18.8. The largest absolute Gasteiger partial charge is 0.508 e. The zero-order valence-corrected chi connectivity index (χ0v) is 14.4. The Morgan fingerprint density at radius 2 is 2.11 bits per heavy atom. The van der Waals surface area contributed by atoms with Crippen molar-refractivity contribution in [2.24, 2.45) is 0 Å². The molecule has 1 unspecified atom stereocenters. The number of aromatic hydroxyl groups is 1. The Balaban J connectivity index is 1.54. The number of likely N-dealkylation sites (tertiary alicyclic amines) is 1. The van der Waals surface area contributed by atoms with E-state index in [4.69, 9.17) is 0 Å². The molecule has 9 heteroatoms. The van der Waals surface area contributed by atoms with Crippen molar-refractivity contribution in [2.45, 2.75) is 18.8 Å². The van der Waals surface area contributed by atoms with E-state index < -0.39 is 5.82 Å². The molecule has 1 atom stereocenters. The zero-order valence-electron chi connectivity index (χ0n) is 14.4. The van der Waals surface area contributed by atoms with Gasteiger partial charge in [0, 0.05) is 31.3 Å². The summed E-state index contributed by atoms with van der Waals surface area (Å²) in [5, 5.41) is 20.6. The molecule has 1 saturated heterocycles. The number of tetrazole rings is 1. The molecule has 2 aromatic heterocycles. The summed E-state index contributed by atoms with van der Waals surface area (Å²) in [6, 6.07) is 5.73. The van der Waals surface area contributed by atoms with Crippen LogP contribution in [0.25, 0.3) is 5.69 Å². The Morgan fingerprint density at radius 3 is 2.89 bits per heavy atom. The maximum atomic E-state index is 13.6. The summed E-state index contributed by atoms with van der Waals surface area (Å²) in [6.45, 7) is 1.07. The quantitative estimate of drug-likeness (QED) is 0.759. The number of phenols is 1. The Labute approximate surface area is 154 Å². The molecular formula is C18H17FN6O2. The van der Waals surface area contributed by atoms with Gasteiger partial charge in [0.1, 0.15) is 17.9 Å². The fraction of sp³-hybridized carbons (Fsp3) is 0.278. The first-order valence-electron chi connectivity index (χ1n) is 8.57. The number of benzene rings is 1. The number of aromatic nitrogens is 5. The van der Waals surface area contributed by atoms with E-state index in [1.165, 1.54) is 23.3 Å². The number of amides is 1. The second-order valence-corrected chi connectivity index (χ2v) is 6.52. The lowest BCUT2D eigenvalue weighted by Crippen LogP contribution is -2.39. The Kier molecular flexibility index (Phi) is 4.49. The van der Waals surface area contributed by atoms with Crippen molar-refractivity contribution in [1.29, 1.82) is 0 Å². The van der Waals surface area contributed by atoms with Gasteiger partial charge < -0.3 is 10.0 Å². The molecule has 1 fully saturated rings. The summed E-state index contributed by atoms with van der Waals surface area (Å²) in [6.07, 6.45) is 6.14. The third-order valence-electron chi connectivity index (χ3n) is 4.67. The van der Waals surface area contributed by atoms with E-state index in [0.29, 0.717) is 29.9 Å². The number of rotatable bonds is 3. The third-order valence-corrected chi connectivity index (χ3v) is 4.67. The topological polar surface area (TPSA) is 97.0 Å². The van der Waals surface area contributed by atoms with Gasteiger partial charge in [-0.25, -0.2) is 4.39 Å². The van der Waals surface area contributed by atoms with E-state index in [2.05, 4.69) is 20.5 Å². The maximum Gasteiger partial charge on any atom is 0.255 e. The van der Waals surface area contributed by atoms with Crippen LogP contribution in [0.5, 0.6) is 5.75 Å². The van der Waals surface area contributed by atoms with Crippen LogP contribution in [0.1, 0.15) is 34.7 Å². The second-order valence-electron chi connectivity index (χ2n) is 6.52. The molecule has 3 heterocycles. The summed E-state index contributed by atoms with van der Waals surface area (Å²) in [5.41, 5.74) is 1.73. The SMILES string of the molecule is O=C(c1cncc(-n2cnnn2)c1)N1CCCC(c2cc(O)cc(F)c2)C1. The van der Waals surface area contributed by atoms with Gasteiger partial charge >= 0.3 is 0 Å². The van der Waals surface area contributed by atoms with E-state index in [1.807, 2.05) is 0 Å². The van der Waals surface area contributed by atoms with Gasteiger partial charge in [-0.05, 0) is 47.0 Å². The van der Waals surface area contributed by atoms with Crippen molar-refractivity contribution < 1.29 is 14.3 Å². The molecule has 138 valence electrons. The summed E-state index contributed by atoms with van der Waals surface area (Å²) in [5.74, 6) is -0.763. The summed E-state index contributed by atoms with van der Waals surface area (Å²) in [4.78, 5) is 18.8. The summed E-state index contributed by atoms with van der Waals surface area (Å²) in [7, 11) is 0. The molecule has 3 aromatic rings. The minimum Gasteiger partial charge on any atom is -0.508 e. The smallest absolute Gasteiger partial charge is 0.255 e. The van der Waals surface area contributed by atoms with Gasteiger partial charge in [-0.3, -0.25) is 9.78 Å². The first kappa shape index (κ1) is 17.1. The maximum absolute atomic E-state index is 13.6. The highest BCUT2D eigenvalue weighted by molar-refractivity contribution is 5.94. The standard InChI is InChI=1S/C18H17FN6O2/c19-15-4-13(6-17(26)7-15)12-2-1-3-24(10-12)18(27)14-5-16(9-20-8-14)25-11-21-22-23-25/h4-9,11-12,26H,1-3,10H2. The monoisotopic (exact) mass is 368 g/mol. The van der Waals surface area contributed by atoms with Crippen LogP contribution in [0.3, 0.4) is 0 Å². The Morgan fingerprint density at radius 1 is 1.22 bits per heavy atom. The highest BCUT2D eigenvalue weighted by Gasteiger charge is 2.26. The minimum absolute atomic E-state index is 0.0278. The molecule has 0 radical (unpaired) electrons. The van der Waals surface area contributed by atoms with Crippen LogP contribution in [0.15, 0.2) is 43.0 Å². The summed E-state index contributed by atoms with van der Waals surface area (Å²) >= 11 is 0. The number of pyridine rings is 1. The van der Waals surface area contributed by atoms with Crippen LogP contribution < -0.4 is 0 Å². The lowest BCUT2D eigenvalue weighted by molar-refractivity contribution is 0.0706. The first-order chi connectivity index (χ1) is 13.1. The van der Waals surface area contributed by atoms with E-state index in [0.717, 1.165) is 18.9 Å². The van der Waals surface area contributed by atoms with Gasteiger partial charge in [0.2, 0.25) is 0 Å². The molecule has 0 spiro atoms. The first-order valence-corrected chi connectivity index (χ1v) is 8.57. The highest BCUT2D eigenvalue weighted by Crippen LogP contribution is 2.30. The van der Waals surface area contributed by atoms with Crippen LogP contribution in [0.2, 0.25) is 0 Å². The fourth-order valence-electron chi connectivity index (χ4n) is 3.40. The van der Waals surface area contributed by atoms with Gasteiger partial charge in [-0.2, -0.15) is 4.68 Å². The average molecular weight is 368 g/mol. The third kappa shape index (κ3) is 3.62. The van der Waals surface area contributed by atoms with Crippen LogP contribution in [0.4, 0.5) is 4.39 Å². The number of nitrogens with zero attached hydrogens (tertiary/aromatic N) is 6. The number of carbonyl (C=O) groups is 1. The van der Waals surface area contributed by atoms with Crippen LogP contribution >= 0.6 is 0 Å². The predicted molar refractivity (Wildman–Crippen MR) is 92.9 cm³/mol. The van der Waals surface area contributed by atoms with Gasteiger partial charge in [0.25, 0.3) is 5.91 Å². The molecular weight excluding hydrogens is 351 g/mol. The molecule has 1 aromatic carbocycles. The molecule has 4 rings (SSSR count). The number of hydrogen-bond acceptors (Lipinski definition) is 6. The van der Waals surface area contributed by atoms with E-state index in [-0.39, 0.29) is 17.6 Å². The molecule has 0 bridgehead atoms. The lowest BCUT2D eigenvalue weighted by Gasteiger charge is -2.33. The van der Waals surface area contributed by atoms with Crippen molar-refractivity contribution in [3.8, 4) is 11.4 Å². The van der Waals surface area contributed by atoms with Gasteiger partial charge in [0.05, 0.1) is 17.4 Å². The molecule has 1 amide bonds. The molecule has 8 nitrogen and oxygen atoms in total. The molecule has 1 aliphatic heterocycles. The number of piperidine rings is 1. The minimum atomic E-state index is -0.480. The van der Waals surface area contributed by atoms with Gasteiger partial charge in [-0.1, -0.05) is 0 Å². The van der Waals surface area contributed by atoms with Crippen molar-refractivity contribution in [3.05, 3.63) is 59.9 Å². The predicted octanol–water partition coefficient (Wildman–Crippen LogP) is 1.92. The van der Waals surface area contributed by atoms with E-state index in [9.17, 15) is 14.3 Å². The molecule has 0 saturated carbocycles. The number of carbonyl (C=O) groups excluding carboxylic acids is 1. The Bertz CT molecular complexity index is 942. The molecule has 1 N–H and O–H groups in total. The van der Waals surface area contributed by atoms with Crippen molar-refractivity contribution in [1.82, 2.24) is 30.1 Å². The second kappa shape index (κ2) is 7.10. The van der Waals surface area contributed by atoms with Crippen molar-refractivity contribution in [2.75, 3.05) is 13.1 Å². The van der Waals surface area contributed by atoms with Gasteiger partial charge in [-0.15, -0.1) is 5.10 Å². The summed E-state index contributed by atoms with van der Waals surface area (Å²) < 4.78 is 15.0. The average Bonchev–Trinajstić information content (AvgIpc) is 3.22. The van der Waals surface area contributed by atoms with E-state index in [1.54, 1.807) is 23.2 Å². The van der Waals surface area contributed by atoms with Crippen molar-refractivity contribution in [3.63, 3.8) is 0 Å². The fourth-order valence-corrected chi connectivity index (χ4v) is 3.40. The molecule has 0 aliphatic carbocycles. The molecule has 1 aliphatic rings. The number of phenolic OH excluding ortho intramolecular Hbond substituents is 1. The van der Waals surface area contributed by atoms with Crippen LogP contribution in [-0.2, 0) is 0 Å².